The van der Waals surface area contributed by atoms with E-state index in [0.717, 1.165) is 36.8 Å². The molecule has 0 aliphatic rings. The van der Waals surface area contributed by atoms with Crippen molar-refractivity contribution in [1.82, 2.24) is 0 Å². The highest BCUT2D eigenvalue weighted by Gasteiger charge is 2.03. The molecule has 0 radical (unpaired) electrons. The lowest BCUT2D eigenvalue weighted by atomic mass is 9.98. The second-order valence-corrected chi connectivity index (χ2v) is 5.56. The summed E-state index contributed by atoms with van der Waals surface area (Å²) in [6.07, 6.45) is 0. The van der Waals surface area contributed by atoms with E-state index >= 15 is 0 Å². The van der Waals surface area contributed by atoms with Crippen molar-refractivity contribution in [2.45, 2.75) is 0 Å². The highest BCUT2D eigenvalue weighted by atomic mass is 79.9. The van der Waals surface area contributed by atoms with Gasteiger partial charge in [0, 0.05) is 4.47 Å². The summed E-state index contributed by atoms with van der Waals surface area (Å²) in [6.45, 7) is 0. The third-order valence-corrected chi connectivity index (χ3v) is 3.93. The minimum atomic E-state index is 0.501. The van der Waals surface area contributed by atoms with Crippen LogP contribution in [0.5, 0.6) is 0 Å². The van der Waals surface area contributed by atoms with Gasteiger partial charge in [0.2, 0.25) is 0 Å². The van der Waals surface area contributed by atoms with Crippen LogP contribution >= 0.6 is 15.9 Å². The van der Waals surface area contributed by atoms with Crippen LogP contribution in [-0.2, 0) is 0 Å². The lowest BCUT2D eigenvalue weighted by Crippen LogP contribution is -1.79. The van der Waals surface area contributed by atoms with Gasteiger partial charge < -0.3 is 0 Å². The maximum Gasteiger partial charge on any atom is 0.0636 e. The summed E-state index contributed by atoms with van der Waals surface area (Å²) < 4.78 is 18.0. The zero-order chi connectivity index (χ0) is 14.6. The van der Waals surface area contributed by atoms with Gasteiger partial charge in [-0.15, -0.1) is 0 Å². The van der Waals surface area contributed by atoms with E-state index in [4.69, 9.17) is 2.74 Å². The Morgan fingerprint density at radius 2 is 1.42 bits per heavy atom. The maximum absolute atomic E-state index is 8.57. The fourth-order valence-electron chi connectivity index (χ4n) is 2.52. The molecule has 0 aromatic heterocycles. The molecule has 0 heterocycles. The van der Waals surface area contributed by atoms with E-state index in [-0.39, 0.29) is 0 Å². The van der Waals surface area contributed by atoms with E-state index in [1.807, 2.05) is 54.6 Å². The molecule has 0 saturated carbocycles. The molecule has 0 aliphatic carbocycles. The summed E-state index contributed by atoms with van der Waals surface area (Å²) in [4.78, 5) is 0. The van der Waals surface area contributed by atoms with E-state index in [1.165, 1.54) is 0 Å². The van der Waals surface area contributed by atoms with Gasteiger partial charge in [-0.1, -0.05) is 58.4 Å². The zero-order valence-corrected chi connectivity index (χ0v) is 11.7. The quantitative estimate of drug-likeness (QED) is 0.280. The van der Waals surface area contributed by atoms with Crippen LogP contribution in [0.2, 0.25) is 0 Å². The van der Waals surface area contributed by atoms with Gasteiger partial charge in [-0.2, -0.15) is 0 Å². The monoisotopic (exact) mass is 308 g/mol. The largest absolute Gasteiger partial charge is 0.0636 e. The van der Waals surface area contributed by atoms with Gasteiger partial charge in [-0.05, 0) is 56.5 Å². The van der Waals surface area contributed by atoms with E-state index < -0.39 is 0 Å². The Morgan fingerprint density at radius 1 is 0.684 bits per heavy atom. The molecule has 4 aromatic carbocycles. The van der Waals surface area contributed by atoms with Crippen molar-refractivity contribution >= 4 is 48.2 Å². The van der Waals surface area contributed by atoms with Gasteiger partial charge in [0.25, 0.3) is 0 Å². The van der Waals surface area contributed by atoms with Crippen molar-refractivity contribution in [3.8, 4) is 0 Å². The second kappa shape index (κ2) is 4.07. The van der Waals surface area contributed by atoms with Crippen molar-refractivity contribution in [3.05, 3.63) is 71.2 Å². The molecule has 0 amide bonds. The summed E-state index contributed by atoms with van der Waals surface area (Å²) in [5.74, 6) is 0. The van der Waals surface area contributed by atoms with Crippen molar-refractivity contribution < 1.29 is 2.74 Å². The highest BCUT2D eigenvalue weighted by molar-refractivity contribution is 9.10. The first kappa shape index (κ1) is 9.11. The van der Waals surface area contributed by atoms with Gasteiger partial charge in [0.15, 0.2) is 0 Å². The molecule has 0 bridgehead atoms. The van der Waals surface area contributed by atoms with Crippen molar-refractivity contribution in [1.29, 1.82) is 0 Å². The fraction of sp³-hybridized carbons (Fsp3) is 0. The molecule has 4 rings (SSSR count). The predicted octanol–water partition coefficient (Wildman–Crippen LogP) is 5.91. The standard InChI is InChI=1S/C18H11Br/c19-16-7-8-17-15(10-16)6-5-14-9-12-3-1-2-4-13(12)11-18(14)17/h1-11H/i9D,11D. The van der Waals surface area contributed by atoms with Crippen LogP contribution in [0, 0.1) is 0 Å². The molecule has 0 unspecified atom stereocenters. The van der Waals surface area contributed by atoms with Crippen molar-refractivity contribution in [3.63, 3.8) is 0 Å². The molecule has 0 fully saturated rings. The van der Waals surface area contributed by atoms with Gasteiger partial charge in [0.05, 0.1) is 2.74 Å². The molecular weight excluding hydrogens is 296 g/mol. The molecule has 0 spiro atoms. The highest BCUT2D eigenvalue weighted by Crippen LogP contribution is 2.30. The number of fused-ring (bicyclic) bond motifs is 4. The normalized spacial score (nSPS) is 12.9. The smallest absolute Gasteiger partial charge is 0.0616 e. The van der Waals surface area contributed by atoms with Crippen LogP contribution in [0.25, 0.3) is 32.3 Å². The second-order valence-electron chi connectivity index (χ2n) is 4.65. The predicted molar refractivity (Wildman–Crippen MR) is 86.7 cm³/mol. The SMILES string of the molecule is [2H]c1c2ccccc2c([2H])c2c1ccc1cc(Br)ccc12. The summed E-state index contributed by atoms with van der Waals surface area (Å²) in [5.41, 5.74) is 0. The Kier molecular flexibility index (Phi) is 1.95. The number of halogens is 1. The number of hydrogen-bond donors (Lipinski definition) is 0. The van der Waals surface area contributed by atoms with Crippen molar-refractivity contribution in [2.75, 3.05) is 0 Å². The average Bonchev–Trinajstić information content (AvgIpc) is 2.51. The Balaban J connectivity index is 2.34. The van der Waals surface area contributed by atoms with Gasteiger partial charge >= 0.3 is 0 Å². The van der Waals surface area contributed by atoms with E-state index in [1.54, 1.807) is 0 Å². The first-order valence-corrected chi connectivity index (χ1v) is 6.96. The molecule has 0 N–H and O–H groups in total. The van der Waals surface area contributed by atoms with Crippen LogP contribution in [0.15, 0.2) is 71.2 Å². The van der Waals surface area contributed by atoms with E-state index in [0.29, 0.717) is 12.1 Å². The zero-order valence-electron chi connectivity index (χ0n) is 12.1. The molecule has 0 atom stereocenters. The number of rotatable bonds is 0. The molecule has 0 nitrogen and oxygen atoms in total. The van der Waals surface area contributed by atoms with E-state index in [9.17, 15) is 0 Å². The van der Waals surface area contributed by atoms with Crippen LogP contribution < -0.4 is 0 Å². The first-order valence-electron chi connectivity index (χ1n) is 7.17. The lowest BCUT2D eigenvalue weighted by molar-refractivity contribution is 1.73. The van der Waals surface area contributed by atoms with E-state index in [2.05, 4.69) is 15.9 Å². The topological polar surface area (TPSA) is 0 Å². The molecule has 4 aromatic rings. The molecule has 19 heavy (non-hydrogen) atoms. The fourth-order valence-corrected chi connectivity index (χ4v) is 2.90. The third kappa shape index (κ3) is 1.73. The van der Waals surface area contributed by atoms with Gasteiger partial charge in [-0.3, -0.25) is 0 Å². The Morgan fingerprint density at radius 3 is 2.26 bits per heavy atom. The molecule has 1 heteroatoms. The number of hydrogen-bond acceptors (Lipinski definition) is 0. The minimum absolute atomic E-state index is 0.501. The average molecular weight is 309 g/mol. The van der Waals surface area contributed by atoms with Crippen LogP contribution in [0.4, 0.5) is 0 Å². The van der Waals surface area contributed by atoms with Gasteiger partial charge in [0.1, 0.15) is 0 Å². The molecule has 90 valence electrons. The minimum Gasteiger partial charge on any atom is -0.0616 e. The van der Waals surface area contributed by atoms with Crippen LogP contribution in [0.1, 0.15) is 2.74 Å². The third-order valence-electron chi connectivity index (χ3n) is 3.44. The molecule has 0 aliphatic heterocycles. The van der Waals surface area contributed by atoms with Crippen molar-refractivity contribution in [2.24, 2.45) is 0 Å². The molecular formula is C18H11Br. The number of benzene rings is 4. The summed E-state index contributed by atoms with van der Waals surface area (Å²) in [5, 5.41) is 5.49. The Bertz CT molecular complexity index is 1020. The Hall–Kier alpha value is -1.86. The lowest BCUT2D eigenvalue weighted by Gasteiger charge is -2.06. The van der Waals surface area contributed by atoms with Crippen LogP contribution in [-0.4, -0.2) is 0 Å². The van der Waals surface area contributed by atoms with Gasteiger partial charge in [-0.25, -0.2) is 0 Å². The van der Waals surface area contributed by atoms with Crippen LogP contribution in [0.3, 0.4) is 0 Å². The molecule has 0 saturated heterocycles. The maximum atomic E-state index is 8.57. The summed E-state index contributed by atoms with van der Waals surface area (Å²) in [7, 11) is 0. The first-order chi connectivity index (χ1) is 10.2. The summed E-state index contributed by atoms with van der Waals surface area (Å²) in [6, 6.07) is 18.7. The Labute approximate surface area is 122 Å². The summed E-state index contributed by atoms with van der Waals surface area (Å²) >= 11 is 3.49.